The summed E-state index contributed by atoms with van der Waals surface area (Å²) in [6, 6.07) is 18.5. The highest BCUT2D eigenvalue weighted by molar-refractivity contribution is 9.10. The van der Waals surface area contributed by atoms with Crippen LogP contribution in [0.4, 0.5) is 13.2 Å². The Bertz CT molecular complexity index is 2370. The van der Waals surface area contributed by atoms with Gasteiger partial charge in [0.25, 0.3) is 11.8 Å². The molecule has 0 aliphatic carbocycles. The number of hydrogen-bond donors (Lipinski definition) is 1. The van der Waals surface area contributed by atoms with Crippen LogP contribution in [0.15, 0.2) is 94.7 Å². The molecule has 3 aromatic heterocycles. The van der Waals surface area contributed by atoms with Crippen LogP contribution in [0.2, 0.25) is 0 Å². The number of aryl methyl sites for hydroxylation is 1. The summed E-state index contributed by atoms with van der Waals surface area (Å²) in [5, 5.41) is 7.22. The van der Waals surface area contributed by atoms with Gasteiger partial charge in [0, 0.05) is 46.3 Å². The fourth-order valence-corrected chi connectivity index (χ4v) is 6.69. The molecule has 3 aromatic carbocycles. The zero-order valence-corrected chi connectivity index (χ0v) is 28.9. The van der Waals surface area contributed by atoms with Crippen molar-refractivity contribution in [2.24, 2.45) is 0 Å². The van der Waals surface area contributed by atoms with Crippen LogP contribution in [-0.4, -0.2) is 57.8 Å². The molecule has 0 radical (unpaired) electrons. The molecule has 1 aliphatic heterocycles. The highest BCUT2D eigenvalue weighted by Gasteiger charge is 2.36. The quantitative estimate of drug-likeness (QED) is 0.212. The van der Waals surface area contributed by atoms with Gasteiger partial charge in [-0.25, -0.2) is 14.8 Å². The standard InChI is InChI=1S/C36H30BrF3N8O3/c1-21-13-23(7-9-28(21)37)34(50)45-18-31-32(33(49)42-15-24-5-3-4-6-27(24)29-11-12-41-20-43-29)48(35(51)46(31)17-22(45)2)26-8-10-30-25(14-26)16-44-47(30)19-36(38,39)40/h3-14,16,20,22H,15,17-19H2,1-2H3,(H,42,49)/t22-/m0/s1. The number of aromatic nitrogens is 6. The van der Waals surface area contributed by atoms with E-state index in [0.29, 0.717) is 22.3 Å². The van der Waals surface area contributed by atoms with Crippen molar-refractivity contribution < 1.29 is 22.8 Å². The summed E-state index contributed by atoms with van der Waals surface area (Å²) in [6.45, 7) is 2.60. The maximum atomic E-state index is 14.3. The third-order valence-corrected chi connectivity index (χ3v) is 9.84. The van der Waals surface area contributed by atoms with Gasteiger partial charge in [-0.2, -0.15) is 18.3 Å². The minimum absolute atomic E-state index is 0.0123. The minimum Gasteiger partial charge on any atom is -0.347 e. The van der Waals surface area contributed by atoms with E-state index >= 15 is 0 Å². The van der Waals surface area contributed by atoms with Gasteiger partial charge in [-0.05, 0) is 67.4 Å². The monoisotopic (exact) mass is 758 g/mol. The Balaban J connectivity index is 1.30. The lowest BCUT2D eigenvalue weighted by atomic mass is 10.0. The fraction of sp³-hybridized carbons (Fsp3) is 0.222. The summed E-state index contributed by atoms with van der Waals surface area (Å²) in [7, 11) is 0. The first-order valence-corrected chi connectivity index (χ1v) is 16.8. The Hall–Kier alpha value is -5.57. The van der Waals surface area contributed by atoms with Gasteiger partial charge in [0.1, 0.15) is 18.6 Å². The molecule has 51 heavy (non-hydrogen) atoms. The summed E-state index contributed by atoms with van der Waals surface area (Å²) in [6.07, 6.45) is -0.137. The van der Waals surface area contributed by atoms with Crippen LogP contribution in [0.25, 0.3) is 27.8 Å². The van der Waals surface area contributed by atoms with Crippen molar-refractivity contribution >= 4 is 38.6 Å². The van der Waals surface area contributed by atoms with Crippen LogP contribution in [0.5, 0.6) is 0 Å². The number of nitrogens with zero attached hydrogens (tertiary/aromatic N) is 7. The summed E-state index contributed by atoms with van der Waals surface area (Å²) in [5.41, 5.74) is 3.87. The second-order valence-corrected chi connectivity index (χ2v) is 13.2. The fourth-order valence-electron chi connectivity index (χ4n) is 6.45. The molecule has 260 valence electrons. The minimum atomic E-state index is -4.48. The topological polar surface area (TPSA) is 120 Å². The number of hydrogen-bond acceptors (Lipinski definition) is 6. The zero-order valence-electron chi connectivity index (χ0n) is 27.4. The van der Waals surface area contributed by atoms with Crippen LogP contribution >= 0.6 is 15.9 Å². The second kappa shape index (κ2) is 13.3. The van der Waals surface area contributed by atoms with Crippen molar-refractivity contribution in [3.05, 3.63) is 128 Å². The molecule has 6 aromatic rings. The average Bonchev–Trinajstić information content (AvgIpc) is 3.64. The largest absolute Gasteiger partial charge is 0.408 e. The smallest absolute Gasteiger partial charge is 0.347 e. The van der Waals surface area contributed by atoms with Crippen LogP contribution in [0, 0.1) is 6.92 Å². The van der Waals surface area contributed by atoms with Gasteiger partial charge in [0.05, 0.1) is 35.3 Å². The Morgan fingerprint density at radius 2 is 1.86 bits per heavy atom. The molecule has 1 N–H and O–H groups in total. The van der Waals surface area contributed by atoms with Gasteiger partial charge in [-0.15, -0.1) is 0 Å². The van der Waals surface area contributed by atoms with Gasteiger partial charge < -0.3 is 10.2 Å². The van der Waals surface area contributed by atoms with Crippen molar-refractivity contribution in [3.8, 4) is 16.9 Å². The second-order valence-electron chi connectivity index (χ2n) is 12.4. The SMILES string of the molecule is Cc1cc(C(=O)N2Cc3c(C(=O)NCc4ccccc4-c4ccncn4)n(-c4ccc5c(cnn5CC(F)(F)F)c4)c(=O)n3C[C@@H]2C)ccc1Br. The molecular weight excluding hydrogens is 729 g/mol. The van der Waals surface area contributed by atoms with Gasteiger partial charge in [-0.3, -0.25) is 23.4 Å². The molecule has 1 aliphatic rings. The lowest BCUT2D eigenvalue weighted by molar-refractivity contribution is -0.141. The van der Waals surface area contributed by atoms with E-state index in [2.05, 4.69) is 36.3 Å². The third-order valence-electron chi connectivity index (χ3n) is 8.95. The number of amides is 2. The Labute approximate surface area is 297 Å². The van der Waals surface area contributed by atoms with Crippen LogP contribution in [0.3, 0.4) is 0 Å². The first-order valence-electron chi connectivity index (χ1n) is 16.0. The zero-order chi connectivity index (χ0) is 36.0. The molecule has 0 unspecified atom stereocenters. The highest BCUT2D eigenvalue weighted by atomic mass is 79.9. The van der Waals surface area contributed by atoms with E-state index in [1.807, 2.05) is 38.1 Å². The maximum absolute atomic E-state index is 14.3. The van der Waals surface area contributed by atoms with E-state index in [4.69, 9.17) is 0 Å². The number of fused-ring (bicyclic) bond motifs is 2. The first-order chi connectivity index (χ1) is 24.4. The third kappa shape index (κ3) is 6.56. The number of carbonyl (C=O) groups is 2. The average molecular weight is 760 g/mol. The number of halogens is 4. The van der Waals surface area contributed by atoms with Gasteiger partial charge in [0.2, 0.25) is 0 Å². The number of benzene rings is 3. The predicted molar refractivity (Wildman–Crippen MR) is 186 cm³/mol. The lowest BCUT2D eigenvalue weighted by Gasteiger charge is -2.34. The van der Waals surface area contributed by atoms with E-state index in [1.165, 1.54) is 39.9 Å². The molecule has 11 nitrogen and oxygen atoms in total. The van der Waals surface area contributed by atoms with Crippen LogP contribution in [-0.2, 0) is 26.2 Å². The number of nitrogens with one attached hydrogen (secondary N) is 1. The molecular formula is C36H30BrF3N8O3. The summed E-state index contributed by atoms with van der Waals surface area (Å²) in [5.74, 6) is -0.833. The van der Waals surface area contributed by atoms with E-state index in [-0.39, 0.29) is 42.4 Å². The van der Waals surface area contributed by atoms with Crippen molar-refractivity contribution in [2.45, 2.75) is 52.2 Å². The van der Waals surface area contributed by atoms with Crippen molar-refractivity contribution in [1.29, 1.82) is 0 Å². The van der Waals surface area contributed by atoms with Gasteiger partial charge in [0.15, 0.2) is 0 Å². The molecule has 15 heteroatoms. The van der Waals surface area contributed by atoms with Crippen molar-refractivity contribution in [1.82, 2.24) is 39.1 Å². The van der Waals surface area contributed by atoms with E-state index in [0.717, 1.165) is 25.8 Å². The van der Waals surface area contributed by atoms with Crippen molar-refractivity contribution in [3.63, 3.8) is 0 Å². The predicted octanol–water partition coefficient (Wildman–Crippen LogP) is 6.05. The molecule has 0 spiro atoms. The van der Waals surface area contributed by atoms with E-state index in [1.54, 1.807) is 35.4 Å². The Morgan fingerprint density at radius 1 is 1.06 bits per heavy atom. The number of carbonyl (C=O) groups excluding carboxylic acids is 2. The maximum Gasteiger partial charge on any atom is 0.408 e. The van der Waals surface area contributed by atoms with Crippen molar-refractivity contribution in [2.75, 3.05) is 0 Å². The lowest BCUT2D eigenvalue weighted by Crippen LogP contribution is -2.47. The molecule has 7 rings (SSSR count). The van der Waals surface area contributed by atoms with E-state index in [9.17, 15) is 27.6 Å². The number of alkyl halides is 3. The molecule has 0 bridgehead atoms. The highest BCUT2D eigenvalue weighted by Crippen LogP contribution is 2.28. The summed E-state index contributed by atoms with van der Waals surface area (Å²) < 4.78 is 44.1. The Kier molecular flexibility index (Phi) is 8.83. The molecule has 0 fully saturated rings. The summed E-state index contributed by atoms with van der Waals surface area (Å²) >= 11 is 3.47. The molecule has 0 saturated carbocycles. The molecule has 2 amide bonds. The van der Waals surface area contributed by atoms with Crippen LogP contribution in [0.1, 0.15) is 44.6 Å². The Morgan fingerprint density at radius 3 is 2.61 bits per heavy atom. The van der Waals surface area contributed by atoms with Gasteiger partial charge >= 0.3 is 11.9 Å². The first kappa shape index (κ1) is 33.9. The molecule has 1 atom stereocenters. The van der Waals surface area contributed by atoms with Gasteiger partial charge in [-0.1, -0.05) is 40.2 Å². The number of rotatable bonds is 7. The normalized spacial score (nSPS) is 14.5. The summed E-state index contributed by atoms with van der Waals surface area (Å²) in [4.78, 5) is 52.4. The van der Waals surface area contributed by atoms with Crippen LogP contribution < -0.4 is 11.0 Å². The van der Waals surface area contributed by atoms with E-state index < -0.39 is 30.4 Å². The number of imidazole rings is 1. The molecule has 0 saturated heterocycles. The molecule has 4 heterocycles.